The van der Waals surface area contributed by atoms with Gasteiger partial charge in [-0.15, -0.1) is 0 Å². The molecule has 6 nitrogen and oxygen atoms in total. The molecule has 0 aliphatic rings. The molecule has 0 bridgehead atoms. The number of benzene rings is 5. The van der Waals surface area contributed by atoms with E-state index < -0.39 is 6.10 Å². The Balaban J connectivity index is 1.27. The van der Waals surface area contributed by atoms with Crippen LogP contribution in [0.25, 0.3) is 0 Å². The summed E-state index contributed by atoms with van der Waals surface area (Å²) in [6.45, 7) is 1.01. The average molecular weight is 643 g/mol. The molecule has 0 saturated carbocycles. The van der Waals surface area contributed by atoms with Crippen LogP contribution in [0.4, 0.5) is 0 Å². The molecule has 48 heavy (non-hydrogen) atoms. The van der Waals surface area contributed by atoms with Crippen molar-refractivity contribution in [1.29, 1.82) is 0 Å². The summed E-state index contributed by atoms with van der Waals surface area (Å²) in [5.74, 6) is 9.69. The van der Waals surface area contributed by atoms with Crippen LogP contribution in [0.5, 0.6) is 28.7 Å². The summed E-state index contributed by atoms with van der Waals surface area (Å²) in [7, 11) is 4.85. The van der Waals surface area contributed by atoms with Crippen LogP contribution in [-0.4, -0.2) is 32.5 Å². The summed E-state index contributed by atoms with van der Waals surface area (Å²) in [5.41, 5.74) is 5.09. The van der Waals surface area contributed by atoms with E-state index in [4.69, 9.17) is 23.7 Å². The Morgan fingerprint density at radius 3 is 1.60 bits per heavy atom. The van der Waals surface area contributed by atoms with Gasteiger partial charge in [-0.05, 0) is 59.4 Å². The number of rotatable bonds is 15. The van der Waals surface area contributed by atoms with E-state index in [-0.39, 0.29) is 5.92 Å². The maximum absolute atomic E-state index is 10.9. The van der Waals surface area contributed by atoms with Crippen LogP contribution in [-0.2, 0) is 19.6 Å². The molecule has 5 aromatic carbocycles. The van der Waals surface area contributed by atoms with Crippen LogP contribution >= 0.6 is 0 Å². The van der Waals surface area contributed by atoms with Gasteiger partial charge in [0, 0.05) is 18.6 Å². The van der Waals surface area contributed by atoms with E-state index in [1.54, 1.807) is 21.3 Å². The zero-order valence-corrected chi connectivity index (χ0v) is 27.7. The van der Waals surface area contributed by atoms with Gasteiger partial charge in [0.05, 0.1) is 38.9 Å². The fourth-order valence-corrected chi connectivity index (χ4v) is 5.34. The lowest BCUT2D eigenvalue weighted by atomic mass is 9.89. The highest BCUT2D eigenvalue weighted by molar-refractivity contribution is 5.58. The molecule has 5 rings (SSSR count). The van der Waals surface area contributed by atoms with Crippen LogP contribution in [0, 0.1) is 11.8 Å². The quantitative estimate of drug-likeness (QED) is 0.116. The first-order valence-electron chi connectivity index (χ1n) is 16.0. The van der Waals surface area contributed by atoms with Crippen molar-refractivity contribution in [3.63, 3.8) is 0 Å². The van der Waals surface area contributed by atoms with Gasteiger partial charge in [-0.3, -0.25) is 0 Å². The molecule has 0 saturated heterocycles. The maximum Gasteiger partial charge on any atom is 0.131 e. The Hall–Kier alpha value is -5.38. The van der Waals surface area contributed by atoms with Crippen LogP contribution in [0.15, 0.2) is 121 Å². The lowest BCUT2D eigenvalue weighted by Gasteiger charge is -2.20. The summed E-state index contributed by atoms with van der Waals surface area (Å²) in [4.78, 5) is 0. The van der Waals surface area contributed by atoms with Crippen molar-refractivity contribution in [2.75, 3.05) is 21.3 Å². The summed E-state index contributed by atoms with van der Waals surface area (Å²) in [5, 5.41) is 10.9. The Labute approximate surface area is 283 Å². The summed E-state index contributed by atoms with van der Waals surface area (Å²) >= 11 is 0. The highest BCUT2D eigenvalue weighted by atomic mass is 16.5. The first kappa shape index (κ1) is 34.0. The van der Waals surface area contributed by atoms with Crippen LogP contribution in [0.2, 0.25) is 0 Å². The van der Waals surface area contributed by atoms with E-state index in [2.05, 4.69) is 11.8 Å². The van der Waals surface area contributed by atoms with E-state index in [1.807, 2.05) is 121 Å². The van der Waals surface area contributed by atoms with Crippen LogP contribution in [0.1, 0.15) is 46.6 Å². The molecule has 0 heterocycles. The lowest BCUT2D eigenvalue weighted by molar-refractivity contribution is 0.170. The Morgan fingerprint density at radius 2 is 1.10 bits per heavy atom. The fourth-order valence-electron chi connectivity index (χ4n) is 5.34. The Bertz CT molecular complexity index is 1730. The summed E-state index contributed by atoms with van der Waals surface area (Å²) < 4.78 is 29.0. The third-order valence-corrected chi connectivity index (χ3v) is 8.03. The second-order valence-electron chi connectivity index (χ2n) is 11.4. The van der Waals surface area contributed by atoms with E-state index >= 15 is 0 Å². The second-order valence-corrected chi connectivity index (χ2v) is 11.4. The minimum absolute atomic E-state index is 0.327. The first-order chi connectivity index (χ1) is 23.6. The molecule has 0 aromatic heterocycles. The molecule has 0 fully saturated rings. The number of methoxy groups -OCH3 is 3. The van der Waals surface area contributed by atoms with Crippen molar-refractivity contribution >= 4 is 0 Å². The number of aliphatic hydroxyl groups excluding tert-OH is 1. The molecule has 6 heteroatoms. The van der Waals surface area contributed by atoms with Crippen molar-refractivity contribution in [2.24, 2.45) is 0 Å². The van der Waals surface area contributed by atoms with Crippen molar-refractivity contribution in [3.8, 4) is 40.6 Å². The number of ether oxygens (including phenoxy) is 5. The van der Waals surface area contributed by atoms with Gasteiger partial charge in [-0.1, -0.05) is 96.8 Å². The van der Waals surface area contributed by atoms with Crippen LogP contribution < -0.4 is 23.7 Å². The van der Waals surface area contributed by atoms with Gasteiger partial charge in [0.25, 0.3) is 0 Å². The van der Waals surface area contributed by atoms with Crippen LogP contribution in [0.3, 0.4) is 0 Å². The minimum Gasteiger partial charge on any atom is -0.496 e. The fraction of sp³-hybridized carbons (Fsp3) is 0.238. The molecular weight excluding hydrogens is 600 g/mol. The highest BCUT2D eigenvalue weighted by Gasteiger charge is 2.23. The normalized spacial score (nSPS) is 11.8. The van der Waals surface area contributed by atoms with Gasteiger partial charge in [0.1, 0.15) is 42.0 Å². The lowest BCUT2D eigenvalue weighted by Crippen LogP contribution is -2.08. The zero-order valence-electron chi connectivity index (χ0n) is 27.7. The average Bonchev–Trinajstić information content (AvgIpc) is 3.15. The van der Waals surface area contributed by atoms with E-state index in [0.29, 0.717) is 43.3 Å². The van der Waals surface area contributed by atoms with Gasteiger partial charge in [-0.25, -0.2) is 0 Å². The van der Waals surface area contributed by atoms with E-state index in [9.17, 15) is 5.11 Å². The van der Waals surface area contributed by atoms with Crippen molar-refractivity contribution in [2.45, 2.75) is 44.5 Å². The molecule has 1 N–H and O–H groups in total. The highest BCUT2D eigenvalue weighted by Crippen LogP contribution is 2.42. The molecule has 246 valence electrons. The molecule has 0 amide bonds. The standard InChI is InChI=1S/C42H42O6/c1-44-38-27-40(45-2)42(41(28-38)46-3)39(34-20-25-37(26-21-34)48-30-33-13-8-5-9-14-33)16-10-15-35(43)22-17-31-18-23-36(24-19-31)47-29-32-11-6-4-7-12-32/h4-9,11-14,18-21,23-28,35,39,43H,15,17,22,29-30H2,1-3H3/t35-,39?/m1/s1. The molecule has 0 spiro atoms. The molecule has 0 aliphatic heterocycles. The maximum atomic E-state index is 10.9. The van der Waals surface area contributed by atoms with E-state index in [1.165, 1.54) is 0 Å². The van der Waals surface area contributed by atoms with Gasteiger partial charge in [0.2, 0.25) is 0 Å². The van der Waals surface area contributed by atoms with Gasteiger partial charge < -0.3 is 28.8 Å². The minimum atomic E-state index is -0.583. The third kappa shape index (κ3) is 9.57. The molecule has 2 atom stereocenters. The topological polar surface area (TPSA) is 66.4 Å². The number of hydrogen-bond donors (Lipinski definition) is 1. The molecule has 0 aliphatic carbocycles. The predicted molar refractivity (Wildman–Crippen MR) is 189 cm³/mol. The van der Waals surface area contributed by atoms with Crippen molar-refractivity contribution in [1.82, 2.24) is 0 Å². The van der Waals surface area contributed by atoms with Gasteiger partial charge >= 0.3 is 0 Å². The smallest absolute Gasteiger partial charge is 0.131 e. The predicted octanol–water partition coefficient (Wildman–Crippen LogP) is 8.39. The SMILES string of the molecule is COc1cc(OC)c(C(C#CC[C@@H](O)CCc2ccc(OCc3ccccc3)cc2)c2ccc(OCc3ccccc3)cc2)c(OC)c1. The molecule has 0 radical (unpaired) electrons. The summed E-state index contributed by atoms with van der Waals surface area (Å²) in [6, 6.07) is 39.8. The summed E-state index contributed by atoms with van der Waals surface area (Å²) in [6.07, 6.45) is 1.07. The first-order valence-corrected chi connectivity index (χ1v) is 16.0. The number of aliphatic hydroxyl groups is 1. The Morgan fingerprint density at radius 1 is 0.583 bits per heavy atom. The van der Waals surface area contributed by atoms with Crippen molar-refractivity contribution < 1.29 is 28.8 Å². The molecule has 5 aromatic rings. The Kier molecular flexibility index (Phi) is 12.4. The van der Waals surface area contributed by atoms with Crippen molar-refractivity contribution in [3.05, 3.63) is 149 Å². The number of aryl methyl sites for hydroxylation is 1. The molecule has 1 unspecified atom stereocenters. The monoisotopic (exact) mass is 642 g/mol. The second kappa shape index (κ2) is 17.5. The third-order valence-electron chi connectivity index (χ3n) is 8.03. The van der Waals surface area contributed by atoms with Gasteiger partial charge in [0.15, 0.2) is 0 Å². The van der Waals surface area contributed by atoms with Gasteiger partial charge in [-0.2, -0.15) is 0 Å². The number of hydrogen-bond acceptors (Lipinski definition) is 6. The largest absolute Gasteiger partial charge is 0.496 e. The molecular formula is C42H42O6. The zero-order chi connectivity index (χ0) is 33.6. The van der Waals surface area contributed by atoms with E-state index in [0.717, 1.165) is 45.7 Å².